The lowest BCUT2D eigenvalue weighted by Gasteiger charge is -2.10. The number of benzene rings is 1. The molecule has 0 bridgehead atoms. The molecule has 0 aliphatic carbocycles. The van der Waals surface area contributed by atoms with Crippen LogP contribution in [0, 0.1) is 0 Å². The standard InChI is InChI=1S/C14H13BrOS/c15-13(9-12-2-1-7-17-12)10-3-4-14-11(8-10)5-6-16-14/h1-4,7-8,13H,5-6,9H2. The maximum Gasteiger partial charge on any atom is 0.122 e. The molecule has 3 heteroatoms. The molecular weight excluding hydrogens is 296 g/mol. The smallest absolute Gasteiger partial charge is 0.122 e. The van der Waals surface area contributed by atoms with Gasteiger partial charge in [-0.15, -0.1) is 11.3 Å². The van der Waals surface area contributed by atoms with E-state index in [-0.39, 0.29) is 0 Å². The van der Waals surface area contributed by atoms with Crippen LogP contribution >= 0.6 is 27.3 Å². The fourth-order valence-corrected chi connectivity index (χ4v) is 3.72. The topological polar surface area (TPSA) is 9.23 Å². The summed E-state index contributed by atoms with van der Waals surface area (Å²) in [5, 5.41) is 2.13. The number of rotatable bonds is 3. The van der Waals surface area contributed by atoms with Crippen LogP contribution in [0.1, 0.15) is 20.8 Å². The number of ether oxygens (including phenoxy) is 1. The predicted octanol–water partition coefficient (Wildman–Crippen LogP) is 4.36. The zero-order chi connectivity index (χ0) is 11.7. The molecule has 0 fully saturated rings. The van der Waals surface area contributed by atoms with Crippen LogP contribution in [0.4, 0.5) is 0 Å². The molecule has 2 heterocycles. The van der Waals surface area contributed by atoms with Gasteiger partial charge in [-0.3, -0.25) is 0 Å². The van der Waals surface area contributed by atoms with E-state index >= 15 is 0 Å². The first kappa shape index (κ1) is 11.3. The minimum absolute atomic E-state index is 0.395. The van der Waals surface area contributed by atoms with Crippen LogP contribution in [0.3, 0.4) is 0 Å². The highest BCUT2D eigenvalue weighted by Crippen LogP contribution is 2.33. The van der Waals surface area contributed by atoms with Gasteiger partial charge in [-0.1, -0.05) is 34.1 Å². The Morgan fingerprint density at radius 2 is 2.29 bits per heavy atom. The number of hydrogen-bond donors (Lipinski definition) is 0. The highest BCUT2D eigenvalue weighted by Gasteiger charge is 2.15. The first-order valence-corrected chi connectivity index (χ1v) is 7.54. The quantitative estimate of drug-likeness (QED) is 0.765. The molecule has 0 spiro atoms. The van der Waals surface area contributed by atoms with Crippen molar-refractivity contribution in [2.45, 2.75) is 17.7 Å². The molecule has 88 valence electrons. The molecule has 0 radical (unpaired) electrons. The minimum atomic E-state index is 0.395. The van der Waals surface area contributed by atoms with Crippen LogP contribution in [0.25, 0.3) is 0 Å². The van der Waals surface area contributed by atoms with Gasteiger partial charge in [0.15, 0.2) is 0 Å². The lowest BCUT2D eigenvalue weighted by molar-refractivity contribution is 0.357. The number of halogens is 1. The van der Waals surface area contributed by atoms with Crippen molar-refractivity contribution < 1.29 is 4.74 Å². The summed E-state index contributed by atoms with van der Waals surface area (Å²) in [5.41, 5.74) is 2.70. The molecule has 0 saturated heterocycles. The Morgan fingerprint density at radius 1 is 1.35 bits per heavy atom. The third-order valence-electron chi connectivity index (χ3n) is 3.04. The Morgan fingerprint density at radius 3 is 3.12 bits per heavy atom. The third-order valence-corrected chi connectivity index (χ3v) is 4.79. The summed E-state index contributed by atoms with van der Waals surface area (Å²) in [4.78, 5) is 1.82. The predicted molar refractivity (Wildman–Crippen MR) is 75.3 cm³/mol. The van der Waals surface area contributed by atoms with E-state index in [0.29, 0.717) is 4.83 Å². The molecule has 0 N–H and O–H groups in total. The number of alkyl halides is 1. The number of thiophene rings is 1. The van der Waals surface area contributed by atoms with E-state index < -0.39 is 0 Å². The van der Waals surface area contributed by atoms with Crippen molar-refractivity contribution in [2.75, 3.05) is 6.61 Å². The average molecular weight is 309 g/mol. The van der Waals surface area contributed by atoms with Crippen LogP contribution in [0.2, 0.25) is 0 Å². The van der Waals surface area contributed by atoms with E-state index in [1.807, 2.05) is 11.3 Å². The molecule has 2 aromatic rings. The second-order valence-electron chi connectivity index (χ2n) is 4.22. The van der Waals surface area contributed by atoms with Gasteiger partial charge in [0.1, 0.15) is 5.75 Å². The van der Waals surface area contributed by atoms with E-state index in [1.165, 1.54) is 16.0 Å². The highest BCUT2D eigenvalue weighted by atomic mass is 79.9. The van der Waals surface area contributed by atoms with Crippen molar-refractivity contribution in [1.29, 1.82) is 0 Å². The van der Waals surface area contributed by atoms with Crippen molar-refractivity contribution in [3.63, 3.8) is 0 Å². The summed E-state index contributed by atoms with van der Waals surface area (Å²) in [7, 11) is 0. The third kappa shape index (κ3) is 2.40. The van der Waals surface area contributed by atoms with Crippen LogP contribution in [-0.2, 0) is 12.8 Å². The largest absolute Gasteiger partial charge is 0.493 e. The lowest BCUT2D eigenvalue weighted by Crippen LogP contribution is -1.94. The Balaban J connectivity index is 1.79. The Bertz CT molecular complexity index is 507. The average Bonchev–Trinajstić information content (AvgIpc) is 2.97. The summed E-state index contributed by atoms with van der Waals surface area (Å²) in [6.07, 6.45) is 2.10. The molecule has 1 atom stereocenters. The van der Waals surface area contributed by atoms with Gasteiger partial charge in [0.25, 0.3) is 0 Å². The van der Waals surface area contributed by atoms with Crippen molar-refractivity contribution in [1.82, 2.24) is 0 Å². The van der Waals surface area contributed by atoms with Gasteiger partial charge >= 0.3 is 0 Å². The number of fused-ring (bicyclic) bond motifs is 1. The fraction of sp³-hybridized carbons (Fsp3) is 0.286. The first-order chi connectivity index (χ1) is 8.33. The fourth-order valence-electron chi connectivity index (χ4n) is 2.12. The van der Waals surface area contributed by atoms with Crippen molar-refractivity contribution >= 4 is 27.3 Å². The number of hydrogen-bond acceptors (Lipinski definition) is 2. The van der Waals surface area contributed by atoms with Crippen LogP contribution in [0.5, 0.6) is 5.75 Å². The second-order valence-corrected chi connectivity index (χ2v) is 6.35. The molecule has 1 aromatic heterocycles. The molecule has 1 nitrogen and oxygen atoms in total. The van der Waals surface area contributed by atoms with Crippen molar-refractivity contribution in [3.8, 4) is 5.75 Å². The van der Waals surface area contributed by atoms with E-state index in [0.717, 1.165) is 25.2 Å². The summed E-state index contributed by atoms with van der Waals surface area (Å²) < 4.78 is 5.53. The Kier molecular flexibility index (Phi) is 3.21. The van der Waals surface area contributed by atoms with E-state index in [9.17, 15) is 0 Å². The molecule has 1 aliphatic rings. The molecule has 1 aliphatic heterocycles. The zero-order valence-electron chi connectivity index (χ0n) is 9.36. The van der Waals surface area contributed by atoms with Crippen LogP contribution in [-0.4, -0.2) is 6.61 Å². The van der Waals surface area contributed by atoms with Gasteiger partial charge in [0.2, 0.25) is 0 Å². The Labute approximate surface area is 114 Å². The normalized spacial score (nSPS) is 15.4. The summed E-state index contributed by atoms with van der Waals surface area (Å²) >= 11 is 5.60. The van der Waals surface area contributed by atoms with E-state index in [4.69, 9.17) is 4.74 Å². The maximum absolute atomic E-state index is 5.53. The van der Waals surface area contributed by atoms with Gasteiger partial charge < -0.3 is 4.74 Å². The van der Waals surface area contributed by atoms with Crippen LogP contribution in [0.15, 0.2) is 35.7 Å². The Hall–Kier alpha value is -0.800. The maximum atomic E-state index is 5.53. The first-order valence-electron chi connectivity index (χ1n) is 5.75. The summed E-state index contributed by atoms with van der Waals surface area (Å²) in [6.45, 7) is 0.830. The van der Waals surface area contributed by atoms with Gasteiger partial charge in [-0.2, -0.15) is 0 Å². The van der Waals surface area contributed by atoms with Gasteiger partial charge in [-0.05, 0) is 35.1 Å². The monoisotopic (exact) mass is 308 g/mol. The van der Waals surface area contributed by atoms with E-state index in [2.05, 4.69) is 51.6 Å². The summed E-state index contributed by atoms with van der Waals surface area (Å²) in [6, 6.07) is 10.8. The van der Waals surface area contributed by atoms with Crippen LogP contribution < -0.4 is 4.74 Å². The molecule has 1 aromatic carbocycles. The van der Waals surface area contributed by atoms with Gasteiger partial charge in [-0.25, -0.2) is 0 Å². The summed E-state index contributed by atoms with van der Waals surface area (Å²) in [5.74, 6) is 1.06. The second kappa shape index (κ2) is 4.83. The van der Waals surface area contributed by atoms with Crippen molar-refractivity contribution in [3.05, 3.63) is 51.7 Å². The lowest BCUT2D eigenvalue weighted by atomic mass is 10.0. The molecule has 0 amide bonds. The molecule has 3 rings (SSSR count). The molecule has 0 saturated carbocycles. The molecular formula is C14H13BrOS. The zero-order valence-corrected chi connectivity index (χ0v) is 11.8. The van der Waals surface area contributed by atoms with E-state index in [1.54, 1.807) is 0 Å². The molecule has 17 heavy (non-hydrogen) atoms. The minimum Gasteiger partial charge on any atom is -0.493 e. The van der Waals surface area contributed by atoms with Gasteiger partial charge in [0, 0.05) is 16.1 Å². The SMILES string of the molecule is BrC(Cc1cccs1)c1ccc2c(c1)CCO2. The van der Waals surface area contributed by atoms with Crippen molar-refractivity contribution in [2.24, 2.45) is 0 Å². The molecule has 1 unspecified atom stereocenters. The highest BCUT2D eigenvalue weighted by molar-refractivity contribution is 9.09. The van der Waals surface area contributed by atoms with Gasteiger partial charge in [0.05, 0.1) is 6.61 Å².